The number of carbonyl (C=O) groups is 2. The van der Waals surface area contributed by atoms with Crippen LogP contribution in [0.25, 0.3) is 0 Å². The molecule has 3 N–H and O–H groups in total. The second kappa shape index (κ2) is 6.92. The molecule has 2 rings (SSSR count). The molecule has 0 unspecified atom stereocenters. The Bertz CT molecular complexity index is 584. The number of aryl methyl sites for hydroxylation is 1. The Balaban J connectivity index is 2.10. The first kappa shape index (κ1) is 16.5. The number of anilines is 1. The van der Waals surface area contributed by atoms with E-state index in [1.807, 2.05) is 19.9 Å². The SMILES string of the molecule is COC(=O)c1cc(NC(=O)C[C@@H]2CCC[C@H]2N)cc(C)c1C. The normalized spacial score (nSPS) is 20.7. The summed E-state index contributed by atoms with van der Waals surface area (Å²) in [6, 6.07) is 3.66. The molecule has 2 atom stereocenters. The number of amides is 1. The van der Waals surface area contributed by atoms with Crippen molar-refractivity contribution in [2.75, 3.05) is 12.4 Å². The maximum atomic E-state index is 12.2. The number of nitrogens with one attached hydrogen (secondary N) is 1. The summed E-state index contributed by atoms with van der Waals surface area (Å²) in [5.41, 5.74) is 8.92. The van der Waals surface area contributed by atoms with E-state index in [9.17, 15) is 9.59 Å². The highest BCUT2D eigenvalue weighted by Crippen LogP contribution is 2.27. The van der Waals surface area contributed by atoms with Crippen molar-refractivity contribution < 1.29 is 14.3 Å². The quantitative estimate of drug-likeness (QED) is 0.838. The Morgan fingerprint density at radius 3 is 2.64 bits per heavy atom. The first-order valence-corrected chi connectivity index (χ1v) is 7.67. The fourth-order valence-electron chi connectivity index (χ4n) is 3.02. The van der Waals surface area contributed by atoms with Gasteiger partial charge < -0.3 is 15.8 Å². The summed E-state index contributed by atoms with van der Waals surface area (Å²) < 4.78 is 4.79. The molecule has 1 aliphatic carbocycles. The van der Waals surface area contributed by atoms with Gasteiger partial charge in [-0.2, -0.15) is 0 Å². The average Bonchev–Trinajstić information content (AvgIpc) is 2.87. The Morgan fingerprint density at radius 2 is 2.05 bits per heavy atom. The Hall–Kier alpha value is -1.88. The maximum absolute atomic E-state index is 12.2. The Labute approximate surface area is 131 Å². The van der Waals surface area contributed by atoms with Crippen molar-refractivity contribution in [1.29, 1.82) is 0 Å². The van der Waals surface area contributed by atoms with Gasteiger partial charge in [-0.25, -0.2) is 4.79 Å². The van der Waals surface area contributed by atoms with Gasteiger partial charge in [0.15, 0.2) is 0 Å². The van der Waals surface area contributed by atoms with Gasteiger partial charge in [-0.3, -0.25) is 4.79 Å². The molecule has 1 fully saturated rings. The van der Waals surface area contributed by atoms with Crippen LogP contribution in [0.5, 0.6) is 0 Å². The van der Waals surface area contributed by atoms with E-state index in [0.29, 0.717) is 17.7 Å². The Morgan fingerprint density at radius 1 is 1.32 bits per heavy atom. The molecule has 1 saturated carbocycles. The van der Waals surface area contributed by atoms with E-state index < -0.39 is 5.97 Å². The van der Waals surface area contributed by atoms with Gasteiger partial charge in [0.25, 0.3) is 0 Å². The molecule has 0 heterocycles. The molecule has 5 heteroatoms. The number of hydrogen-bond donors (Lipinski definition) is 2. The molecule has 0 saturated heterocycles. The number of methoxy groups -OCH3 is 1. The van der Waals surface area contributed by atoms with Crippen LogP contribution in [-0.4, -0.2) is 25.0 Å². The van der Waals surface area contributed by atoms with Crippen molar-refractivity contribution >= 4 is 17.6 Å². The molecule has 5 nitrogen and oxygen atoms in total. The maximum Gasteiger partial charge on any atom is 0.338 e. The number of nitrogens with two attached hydrogens (primary N) is 1. The summed E-state index contributed by atoms with van der Waals surface area (Å²) >= 11 is 0. The first-order chi connectivity index (χ1) is 10.4. The van der Waals surface area contributed by atoms with E-state index in [4.69, 9.17) is 10.5 Å². The topological polar surface area (TPSA) is 81.4 Å². The fraction of sp³-hybridized carbons (Fsp3) is 0.529. The molecule has 0 bridgehead atoms. The molecular formula is C17H24N2O3. The second-order valence-corrected chi connectivity index (χ2v) is 6.06. The van der Waals surface area contributed by atoms with Gasteiger partial charge in [0.05, 0.1) is 12.7 Å². The molecule has 0 aliphatic heterocycles. The summed E-state index contributed by atoms with van der Waals surface area (Å²) in [6.07, 6.45) is 3.53. The van der Waals surface area contributed by atoms with Crippen LogP contribution in [0.4, 0.5) is 5.69 Å². The summed E-state index contributed by atoms with van der Waals surface area (Å²) in [6.45, 7) is 3.77. The van der Waals surface area contributed by atoms with Gasteiger partial charge in [0, 0.05) is 18.2 Å². The molecule has 0 spiro atoms. The molecule has 22 heavy (non-hydrogen) atoms. The lowest BCUT2D eigenvalue weighted by Gasteiger charge is -2.16. The number of rotatable bonds is 4. The van der Waals surface area contributed by atoms with E-state index in [2.05, 4.69) is 5.32 Å². The zero-order valence-electron chi connectivity index (χ0n) is 13.4. The molecule has 1 aromatic rings. The standard InChI is InChI=1S/C17H24N2O3/c1-10-7-13(9-14(11(10)2)17(21)22-3)19-16(20)8-12-5-4-6-15(12)18/h7,9,12,15H,4-6,8,18H2,1-3H3,(H,19,20)/t12-,15+/m0/s1. The van der Waals surface area contributed by atoms with E-state index in [0.717, 1.165) is 30.4 Å². The lowest BCUT2D eigenvalue weighted by Crippen LogP contribution is -2.28. The summed E-state index contributed by atoms with van der Waals surface area (Å²) in [5, 5.41) is 2.87. The molecule has 1 aliphatic rings. The third kappa shape index (κ3) is 3.65. The predicted octanol–water partition coefficient (Wildman–Crippen LogP) is 2.55. The van der Waals surface area contributed by atoms with Crippen molar-refractivity contribution in [3.05, 3.63) is 28.8 Å². The van der Waals surface area contributed by atoms with Gasteiger partial charge in [0.1, 0.15) is 0 Å². The summed E-state index contributed by atoms with van der Waals surface area (Å²) in [7, 11) is 1.35. The lowest BCUT2D eigenvalue weighted by molar-refractivity contribution is -0.117. The minimum Gasteiger partial charge on any atom is -0.465 e. The minimum atomic E-state index is -0.394. The van der Waals surface area contributed by atoms with Crippen LogP contribution in [0.15, 0.2) is 12.1 Å². The number of esters is 1. The largest absolute Gasteiger partial charge is 0.465 e. The molecule has 0 aromatic heterocycles. The predicted molar refractivity (Wildman–Crippen MR) is 85.8 cm³/mol. The van der Waals surface area contributed by atoms with E-state index in [1.165, 1.54) is 7.11 Å². The Kier molecular flexibility index (Phi) is 5.19. The van der Waals surface area contributed by atoms with Crippen molar-refractivity contribution in [1.82, 2.24) is 0 Å². The van der Waals surface area contributed by atoms with Crippen LogP contribution >= 0.6 is 0 Å². The van der Waals surface area contributed by atoms with Crippen LogP contribution in [0.3, 0.4) is 0 Å². The van der Waals surface area contributed by atoms with Gasteiger partial charge in [-0.05, 0) is 55.9 Å². The third-order valence-corrected chi connectivity index (χ3v) is 4.52. The zero-order valence-corrected chi connectivity index (χ0v) is 13.4. The fourth-order valence-corrected chi connectivity index (χ4v) is 3.02. The van der Waals surface area contributed by atoms with E-state index in [-0.39, 0.29) is 17.9 Å². The van der Waals surface area contributed by atoms with Crippen molar-refractivity contribution in [3.8, 4) is 0 Å². The number of carbonyl (C=O) groups excluding carboxylic acids is 2. The monoisotopic (exact) mass is 304 g/mol. The highest BCUT2D eigenvalue weighted by molar-refractivity contribution is 5.96. The van der Waals surface area contributed by atoms with Crippen molar-refractivity contribution in [2.24, 2.45) is 11.7 Å². The number of benzene rings is 1. The minimum absolute atomic E-state index is 0.0542. The molecule has 0 radical (unpaired) electrons. The average molecular weight is 304 g/mol. The smallest absolute Gasteiger partial charge is 0.338 e. The highest BCUT2D eigenvalue weighted by Gasteiger charge is 2.26. The van der Waals surface area contributed by atoms with Gasteiger partial charge >= 0.3 is 5.97 Å². The van der Waals surface area contributed by atoms with Gasteiger partial charge in [-0.1, -0.05) is 6.42 Å². The summed E-state index contributed by atoms with van der Waals surface area (Å²) in [4.78, 5) is 24.0. The lowest BCUT2D eigenvalue weighted by atomic mass is 9.99. The second-order valence-electron chi connectivity index (χ2n) is 6.06. The number of hydrogen-bond acceptors (Lipinski definition) is 4. The third-order valence-electron chi connectivity index (χ3n) is 4.52. The van der Waals surface area contributed by atoms with Crippen LogP contribution in [0.1, 0.15) is 47.2 Å². The van der Waals surface area contributed by atoms with Crippen molar-refractivity contribution in [2.45, 2.75) is 45.6 Å². The van der Waals surface area contributed by atoms with Gasteiger partial charge in [0.2, 0.25) is 5.91 Å². The zero-order chi connectivity index (χ0) is 16.3. The molecule has 1 aromatic carbocycles. The van der Waals surface area contributed by atoms with E-state index in [1.54, 1.807) is 6.07 Å². The van der Waals surface area contributed by atoms with Crippen LogP contribution in [-0.2, 0) is 9.53 Å². The summed E-state index contributed by atoms with van der Waals surface area (Å²) in [5.74, 6) is -0.192. The number of ether oxygens (including phenoxy) is 1. The van der Waals surface area contributed by atoms with Crippen molar-refractivity contribution in [3.63, 3.8) is 0 Å². The van der Waals surface area contributed by atoms with Crippen LogP contribution < -0.4 is 11.1 Å². The first-order valence-electron chi connectivity index (χ1n) is 7.67. The van der Waals surface area contributed by atoms with E-state index >= 15 is 0 Å². The van der Waals surface area contributed by atoms with Crippen LogP contribution in [0.2, 0.25) is 0 Å². The molecule has 120 valence electrons. The molecule has 1 amide bonds. The van der Waals surface area contributed by atoms with Crippen LogP contribution in [0, 0.1) is 19.8 Å². The van der Waals surface area contributed by atoms with Gasteiger partial charge in [-0.15, -0.1) is 0 Å². The highest BCUT2D eigenvalue weighted by atomic mass is 16.5. The molecular weight excluding hydrogens is 280 g/mol.